The maximum Gasteiger partial charge on any atom is 0.160 e. The van der Waals surface area contributed by atoms with Gasteiger partial charge in [-0.1, -0.05) is 74.5 Å². The summed E-state index contributed by atoms with van der Waals surface area (Å²) in [7, 11) is 0. The zero-order valence-corrected chi connectivity index (χ0v) is 30.6. The minimum absolute atomic E-state index is 0.0424. The fraction of sp³-hybridized carbons (Fsp3) is 0.133. The topological polar surface area (TPSA) is 63.6 Å². The van der Waals surface area contributed by atoms with E-state index in [1.807, 2.05) is 36.4 Å². The third-order valence-corrected chi connectivity index (χ3v) is 8.77. The van der Waals surface area contributed by atoms with Crippen LogP contribution in [0.5, 0.6) is 11.5 Å². The van der Waals surface area contributed by atoms with Gasteiger partial charge in [-0.15, -0.1) is 0 Å². The van der Waals surface area contributed by atoms with Crippen molar-refractivity contribution in [2.45, 2.75) is 25.8 Å². The molecular weight excluding hydrogens is 900 g/mol. The smallest absolute Gasteiger partial charge is 0.160 e. The molecular formula is C30H23BrCl4I2O4. The Morgan fingerprint density at radius 3 is 1.68 bits per heavy atom. The van der Waals surface area contributed by atoms with Gasteiger partial charge in [-0.25, -0.2) is 0 Å². The second kappa shape index (κ2) is 17.9. The zero-order valence-electron chi connectivity index (χ0n) is 21.7. The molecule has 0 aromatic heterocycles. The summed E-state index contributed by atoms with van der Waals surface area (Å²) in [4.78, 5) is 22.6. The average molecular weight is 923 g/mol. The third kappa shape index (κ3) is 12.2. The molecule has 41 heavy (non-hydrogen) atoms. The molecule has 4 nitrogen and oxygen atoms in total. The second-order valence-corrected chi connectivity index (χ2v) is 12.9. The van der Waals surface area contributed by atoms with Crippen LogP contribution in [0.3, 0.4) is 0 Å². The lowest BCUT2D eigenvalue weighted by molar-refractivity contribution is 0.100. The van der Waals surface area contributed by atoms with Gasteiger partial charge in [0.25, 0.3) is 0 Å². The van der Waals surface area contributed by atoms with Gasteiger partial charge >= 0.3 is 0 Å². The molecule has 4 aromatic rings. The number of phenols is 1. The first kappa shape index (κ1) is 36.1. The molecule has 0 amide bonds. The maximum atomic E-state index is 11.5. The molecule has 0 bridgehead atoms. The largest absolute Gasteiger partial charge is 0.506 e. The van der Waals surface area contributed by atoms with Gasteiger partial charge in [0.05, 0.1) is 10.0 Å². The molecule has 11 heteroatoms. The standard InChI is InChI=1S/C15H11Cl2IO2.C9H8BrIO.C6H4Cl2O/c1-9(19)12-6-10(2-4-14(12)18)8-20-15-5-3-11(16)7-13(15)17;1-6(12)8-4-7(5-10)2-3-9(8)11;7-4-1-2-6(9)5(8)3-4/h2-7H,8H2,1H3;2-4H,5H2,1H3;1-3,9H. The predicted molar refractivity (Wildman–Crippen MR) is 190 cm³/mol. The minimum Gasteiger partial charge on any atom is -0.506 e. The van der Waals surface area contributed by atoms with Gasteiger partial charge in [-0.05, 0) is 131 Å². The van der Waals surface area contributed by atoms with Gasteiger partial charge in [0.2, 0.25) is 0 Å². The van der Waals surface area contributed by atoms with E-state index in [0.29, 0.717) is 33.0 Å². The monoisotopic (exact) mass is 920 g/mol. The number of ketones is 2. The van der Waals surface area contributed by atoms with Crippen molar-refractivity contribution in [3.63, 3.8) is 0 Å². The summed E-state index contributed by atoms with van der Waals surface area (Å²) in [5.74, 6) is 0.794. The molecule has 0 aliphatic carbocycles. The van der Waals surface area contributed by atoms with Crippen molar-refractivity contribution in [2.75, 3.05) is 0 Å². The number of Topliss-reactive ketones (excluding diaryl/α,β-unsaturated/α-hetero) is 2. The van der Waals surface area contributed by atoms with Crippen LogP contribution in [0.15, 0.2) is 72.8 Å². The first-order chi connectivity index (χ1) is 19.3. The van der Waals surface area contributed by atoms with Gasteiger partial charge in [-0.3, -0.25) is 9.59 Å². The molecule has 216 valence electrons. The lowest BCUT2D eigenvalue weighted by atomic mass is 10.1. The van der Waals surface area contributed by atoms with Gasteiger partial charge < -0.3 is 9.84 Å². The molecule has 0 aliphatic heterocycles. The normalized spacial score (nSPS) is 10.1. The number of alkyl halides is 1. The van der Waals surface area contributed by atoms with Crippen LogP contribution in [0, 0.1) is 7.14 Å². The van der Waals surface area contributed by atoms with E-state index in [1.165, 1.54) is 12.1 Å². The SMILES string of the molecule is CC(=O)c1cc(CBr)ccc1I.CC(=O)c1cc(COc2ccc(Cl)cc2Cl)ccc1I.Oc1ccc(Cl)cc1Cl. The molecule has 0 saturated carbocycles. The van der Waals surface area contributed by atoms with Crippen molar-refractivity contribution in [3.05, 3.63) is 122 Å². The first-order valence-electron chi connectivity index (χ1n) is 11.7. The van der Waals surface area contributed by atoms with Crippen LogP contribution in [0.2, 0.25) is 20.1 Å². The molecule has 0 saturated heterocycles. The molecule has 0 unspecified atom stereocenters. The quantitative estimate of drug-likeness (QED) is 0.119. The Balaban J connectivity index is 0.000000237. The third-order valence-electron chi connectivity index (χ3n) is 5.17. The summed E-state index contributed by atoms with van der Waals surface area (Å²) in [5, 5.41) is 11.5. The van der Waals surface area contributed by atoms with Crippen LogP contribution in [-0.2, 0) is 11.9 Å². The summed E-state index contributed by atoms with van der Waals surface area (Å²) in [5.41, 5.74) is 3.57. The van der Waals surface area contributed by atoms with E-state index in [2.05, 4.69) is 61.1 Å². The average Bonchev–Trinajstić information content (AvgIpc) is 2.92. The first-order valence-corrected chi connectivity index (χ1v) is 16.5. The van der Waals surface area contributed by atoms with Crippen LogP contribution >= 0.6 is 108 Å². The van der Waals surface area contributed by atoms with E-state index in [0.717, 1.165) is 29.2 Å². The molecule has 0 heterocycles. The highest BCUT2D eigenvalue weighted by Crippen LogP contribution is 2.28. The summed E-state index contributed by atoms with van der Waals surface area (Å²) < 4.78 is 7.60. The Morgan fingerprint density at radius 1 is 0.732 bits per heavy atom. The van der Waals surface area contributed by atoms with Crippen LogP contribution in [0.1, 0.15) is 45.7 Å². The molecule has 4 aromatic carbocycles. The Kier molecular flexibility index (Phi) is 15.8. The van der Waals surface area contributed by atoms with Crippen LogP contribution in [0.25, 0.3) is 0 Å². The Morgan fingerprint density at radius 2 is 1.22 bits per heavy atom. The highest BCUT2D eigenvalue weighted by molar-refractivity contribution is 14.1. The molecule has 1 N–H and O–H groups in total. The summed E-state index contributed by atoms with van der Waals surface area (Å²) in [6.07, 6.45) is 0. The fourth-order valence-electron chi connectivity index (χ4n) is 3.09. The molecule has 0 fully saturated rings. The number of halogens is 7. The van der Waals surface area contributed by atoms with Gasteiger partial charge in [0.1, 0.15) is 18.1 Å². The Hall–Kier alpha value is -1.08. The Bertz CT molecular complexity index is 1530. The van der Waals surface area contributed by atoms with E-state index >= 15 is 0 Å². The van der Waals surface area contributed by atoms with E-state index < -0.39 is 0 Å². The lowest BCUT2D eigenvalue weighted by Gasteiger charge is -2.09. The molecule has 0 radical (unpaired) electrons. The summed E-state index contributed by atoms with van der Waals surface area (Å²) in [6, 6.07) is 21.2. The molecule has 0 aliphatic rings. The van der Waals surface area contributed by atoms with Gasteiger partial charge in [-0.2, -0.15) is 0 Å². The summed E-state index contributed by atoms with van der Waals surface area (Å²) >= 11 is 30.5. The highest BCUT2D eigenvalue weighted by atomic mass is 127. The van der Waals surface area contributed by atoms with Crippen LogP contribution in [0.4, 0.5) is 0 Å². The zero-order chi connectivity index (χ0) is 30.7. The van der Waals surface area contributed by atoms with Crippen LogP contribution in [-0.4, -0.2) is 16.7 Å². The summed E-state index contributed by atoms with van der Waals surface area (Å²) in [6.45, 7) is 3.49. The number of ether oxygens (including phenoxy) is 1. The maximum absolute atomic E-state index is 11.5. The number of hydrogen-bond donors (Lipinski definition) is 1. The predicted octanol–water partition coefficient (Wildman–Crippen LogP) is 11.5. The van der Waals surface area contributed by atoms with Gasteiger partial charge in [0, 0.05) is 33.6 Å². The number of benzene rings is 4. The lowest BCUT2D eigenvalue weighted by Crippen LogP contribution is -2.01. The second-order valence-electron chi connectivity index (χ2n) is 8.33. The van der Waals surface area contributed by atoms with Crippen molar-refractivity contribution in [1.82, 2.24) is 0 Å². The van der Waals surface area contributed by atoms with E-state index in [9.17, 15) is 9.59 Å². The molecule has 4 rings (SSSR count). The fourth-order valence-corrected chi connectivity index (χ4v) is 5.74. The van der Waals surface area contributed by atoms with Crippen molar-refractivity contribution in [2.24, 2.45) is 0 Å². The van der Waals surface area contributed by atoms with Crippen LogP contribution < -0.4 is 4.74 Å². The Labute approximate surface area is 295 Å². The van der Waals surface area contributed by atoms with Crippen molar-refractivity contribution < 1.29 is 19.4 Å². The van der Waals surface area contributed by atoms with Gasteiger partial charge in [0.15, 0.2) is 11.6 Å². The number of hydrogen-bond acceptors (Lipinski definition) is 4. The number of rotatable bonds is 6. The van der Waals surface area contributed by atoms with E-state index in [1.54, 1.807) is 38.1 Å². The van der Waals surface area contributed by atoms with Crippen molar-refractivity contribution >= 4 is 119 Å². The minimum atomic E-state index is 0.0424. The van der Waals surface area contributed by atoms with E-state index in [4.69, 9.17) is 56.2 Å². The number of phenolic OH excluding ortho intramolecular Hbond substituents is 1. The van der Waals surface area contributed by atoms with E-state index in [-0.39, 0.29) is 22.3 Å². The highest BCUT2D eigenvalue weighted by Gasteiger charge is 2.08. The molecule has 0 spiro atoms. The molecule has 0 atom stereocenters. The van der Waals surface area contributed by atoms with Crippen molar-refractivity contribution in [1.29, 1.82) is 0 Å². The number of carbonyl (C=O) groups is 2. The van der Waals surface area contributed by atoms with Crippen molar-refractivity contribution in [3.8, 4) is 11.5 Å². The number of carbonyl (C=O) groups excluding carboxylic acids is 2. The number of aromatic hydroxyl groups is 1.